The van der Waals surface area contributed by atoms with Gasteiger partial charge in [0.1, 0.15) is 0 Å². The molecule has 0 atom stereocenters. The second-order valence-electron chi connectivity index (χ2n) is 0.813. The molecule has 0 bridgehead atoms. The molecule has 0 rings (SSSR count). The minimum atomic E-state index is -5.47. The first-order chi connectivity index (χ1) is 3.42. The summed E-state index contributed by atoms with van der Waals surface area (Å²) in [6.45, 7) is -3.55. The van der Waals surface area contributed by atoms with Gasteiger partial charge in [-0.2, -0.15) is 8.78 Å². The number of phosphoric ester groups is 1. The van der Waals surface area contributed by atoms with Gasteiger partial charge in [-0.1, -0.05) is 0 Å². The van der Waals surface area contributed by atoms with Crippen molar-refractivity contribution in [2.75, 3.05) is 0 Å². The van der Waals surface area contributed by atoms with Gasteiger partial charge in [0.15, 0.2) is 0 Å². The van der Waals surface area contributed by atoms with Crippen LogP contribution >= 0.6 is 7.82 Å². The number of hydrogen-bond donors (Lipinski definition) is 0. The molecule has 9 heteroatoms. The molecule has 0 radical (unpaired) electrons. The van der Waals surface area contributed by atoms with Gasteiger partial charge in [0.05, 0.1) is 7.82 Å². The van der Waals surface area contributed by atoms with E-state index in [1.54, 1.807) is 0 Å². The van der Waals surface area contributed by atoms with Crippen LogP contribution in [0.2, 0.25) is 0 Å². The number of halogens is 2. The van der Waals surface area contributed by atoms with E-state index in [2.05, 4.69) is 4.52 Å². The molecular weight excluding hydrogens is 191 g/mol. The van der Waals surface area contributed by atoms with Crippen LogP contribution in [0.4, 0.5) is 8.78 Å². The van der Waals surface area contributed by atoms with E-state index in [1.807, 2.05) is 0 Å². The van der Waals surface area contributed by atoms with E-state index < -0.39 is 14.4 Å². The van der Waals surface area contributed by atoms with Crippen LogP contribution in [0.15, 0.2) is 0 Å². The molecule has 4 nitrogen and oxygen atoms in total. The van der Waals surface area contributed by atoms with Crippen LogP contribution in [0.3, 0.4) is 0 Å². The third kappa shape index (κ3) is 16.5. The summed E-state index contributed by atoms with van der Waals surface area (Å²) in [5.41, 5.74) is 0. The summed E-state index contributed by atoms with van der Waals surface area (Å²) in [5, 5.41) is 0. The van der Waals surface area contributed by atoms with E-state index in [-0.39, 0.29) is 59.1 Å². The predicted molar refractivity (Wildman–Crippen MR) is 14.7 cm³/mol. The number of rotatable bonds is 2. The molecule has 10 heavy (non-hydrogen) atoms. The maximum absolute atomic E-state index is 10.7. The molecule has 0 aromatic carbocycles. The van der Waals surface area contributed by atoms with Gasteiger partial charge in [-0.25, -0.2) is 0 Å². The van der Waals surface area contributed by atoms with Crippen molar-refractivity contribution in [3.8, 4) is 0 Å². The Morgan fingerprint density at radius 2 is 1.60 bits per heavy atom. The van der Waals surface area contributed by atoms with Crippen LogP contribution < -0.4 is 68.9 Å². The van der Waals surface area contributed by atoms with E-state index in [4.69, 9.17) is 0 Å². The molecule has 0 aromatic rings. The van der Waals surface area contributed by atoms with Crippen molar-refractivity contribution in [2.24, 2.45) is 0 Å². The Labute approximate surface area is 100 Å². The van der Waals surface area contributed by atoms with E-state index in [9.17, 15) is 23.1 Å². The summed E-state index contributed by atoms with van der Waals surface area (Å²) in [7, 11) is -5.47. The predicted octanol–water partition coefficient (Wildman–Crippen LogP) is -6.94. The molecule has 0 spiro atoms. The topological polar surface area (TPSA) is 72.4 Å². The summed E-state index contributed by atoms with van der Waals surface area (Å²) in [6, 6.07) is 0. The van der Waals surface area contributed by atoms with Crippen LogP contribution in [0.1, 0.15) is 0 Å². The largest absolute Gasteiger partial charge is 1.00 e. The number of hydrogen-bond acceptors (Lipinski definition) is 4. The molecule has 0 saturated carbocycles. The van der Waals surface area contributed by atoms with Crippen molar-refractivity contribution in [2.45, 2.75) is 6.61 Å². The summed E-state index contributed by atoms with van der Waals surface area (Å²) < 4.78 is 33.2. The SMILES string of the molecule is O=P([O-])([O-])OC(F)F.[Na+].[Na+]. The Morgan fingerprint density at radius 1 is 1.30 bits per heavy atom. The Balaban J connectivity index is -0.000000245. The molecule has 0 unspecified atom stereocenters. The number of phosphoric acid groups is 1. The van der Waals surface area contributed by atoms with Gasteiger partial charge >= 0.3 is 65.7 Å². The summed E-state index contributed by atoms with van der Waals surface area (Å²) >= 11 is 0. The second-order valence-corrected chi connectivity index (χ2v) is 1.92. The Morgan fingerprint density at radius 3 is 1.60 bits per heavy atom. The first-order valence-electron chi connectivity index (χ1n) is 1.40. The van der Waals surface area contributed by atoms with Gasteiger partial charge < -0.3 is 14.4 Å². The van der Waals surface area contributed by atoms with Crippen molar-refractivity contribution in [3.63, 3.8) is 0 Å². The van der Waals surface area contributed by atoms with Crippen molar-refractivity contribution in [1.82, 2.24) is 0 Å². The molecule has 0 N–H and O–H groups in total. The van der Waals surface area contributed by atoms with E-state index >= 15 is 0 Å². The molecule has 0 amide bonds. The van der Waals surface area contributed by atoms with E-state index in [0.29, 0.717) is 0 Å². The van der Waals surface area contributed by atoms with Gasteiger partial charge in [0.2, 0.25) is 0 Å². The van der Waals surface area contributed by atoms with Crippen LogP contribution in [-0.2, 0) is 9.09 Å². The molecule has 0 aliphatic rings. The fourth-order valence-corrected chi connectivity index (χ4v) is 0.293. The Bertz CT molecular complexity index is 114. The fraction of sp³-hybridized carbons (Fsp3) is 1.00. The van der Waals surface area contributed by atoms with Gasteiger partial charge in [-0.3, -0.25) is 4.52 Å². The quantitative estimate of drug-likeness (QED) is 0.322. The zero-order chi connectivity index (χ0) is 6.78. The van der Waals surface area contributed by atoms with Crippen LogP contribution in [0.5, 0.6) is 0 Å². The summed E-state index contributed by atoms with van der Waals surface area (Å²) in [4.78, 5) is 18.4. The fourth-order valence-electron chi connectivity index (χ4n) is 0.0976. The van der Waals surface area contributed by atoms with Gasteiger partial charge in [0, 0.05) is 0 Å². The third-order valence-corrected chi connectivity index (χ3v) is 0.626. The first kappa shape index (κ1) is 17.9. The van der Waals surface area contributed by atoms with Gasteiger partial charge in [0.25, 0.3) is 0 Å². The summed E-state index contributed by atoms with van der Waals surface area (Å²) in [5.74, 6) is 0. The average Bonchev–Trinajstić information content (AvgIpc) is 1.21. The standard InChI is InChI=1S/CH3F2O4P.2Na/c2-1(3)7-8(4,5)6;;/h1H,(H2,4,5,6);;/q;2*+1/p-2. The maximum Gasteiger partial charge on any atom is 1.00 e. The van der Waals surface area contributed by atoms with Crippen molar-refractivity contribution in [3.05, 3.63) is 0 Å². The van der Waals surface area contributed by atoms with Gasteiger partial charge in [-0.15, -0.1) is 0 Å². The molecule has 0 fully saturated rings. The normalized spacial score (nSPS) is 10.1. The first-order valence-corrected chi connectivity index (χ1v) is 2.86. The molecule has 50 valence electrons. The molecular formula is CHF2Na2O4P. The monoisotopic (exact) mass is 192 g/mol. The van der Waals surface area contributed by atoms with Crippen molar-refractivity contribution < 1.29 is 86.8 Å². The van der Waals surface area contributed by atoms with Crippen LogP contribution in [0, 0.1) is 0 Å². The third-order valence-electron chi connectivity index (χ3n) is 0.209. The average molecular weight is 192 g/mol. The second kappa shape index (κ2) is 7.61. The molecule has 0 heterocycles. The molecule has 0 aliphatic heterocycles. The maximum atomic E-state index is 10.7. The molecule has 0 saturated heterocycles. The Kier molecular flexibility index (Phi) is 13.6. The molecule has 0 aromatic heterocycles. The van der Waals surface area contributed by atoms with E-state index in [1.165, 1.54) is 0 Å². The summed E-state index contributed by atoms with van der Waals surface area (Å²) in [6.07, 6.45) is 0. The van der Waals surface area contributed by atoms with Crippen molar-refractivity contribution >= 4 is 7.82 Å². The van der Waals surface area contributed by atoms with Crippen LogP contribution in [-0.4, -0.2) is 6.61 Å². The smallest absolute Gasteiger partial charge is 0.790 e. The minimum absolute atomic E-state index is 0. The zero-order valence-electron chi connectivity index (χ0n) is 5.41. The van der Waals surface area contributed by atoms with Crippen molar-refractivity contribution in [1.29, 1.82) is 0 Å². The number of alkyl halides is 2. The minimum Gasteiger partial charge on any atom is -0.790 e. The zero-order valence-corrected chi connectivity index (χ0v) is 10.3. The van der Waals surface area contributed by atoms with E-state index in [0.717, 1.165) is 0 Å². The molecule has 0 aliphatic carbocycles. The van der Waals surface area contributed by atoms with Gasteiger partial charge in [-0.05, 0) is 0 Å². The van der Waals surface area contributed by atoms with Crippen LogP contribution in [0.25, 0.3) is 0 Å². The Hall–Kier alpha value is 1.97.